The summed E-state index contributed by atoms with van der Waals surface area (Å²) >= 11 is 0.962. The maximum absolute atomic E-state index is 12.7. The number of nitrogens with zero attached hydrogens (tertiary/aromatic N) is 2. The monoisotopic (exact) mass is 371 g/mol. The van der Waals surface area contributed by atoms with Crippen molar-refractivity contribution >= 4 is 17.2 Å². The first-order chi connectivity index (χ1) is 11.8. The van der Waals surface area contributed by atoms with E-state index in [9.17, 15) is 22.8 Å². The van der Waals surface area contributed by atoms with Crippen molar-refractivity contribution in [3.8, 4) is 0 Å². The van der Waals surface area contributed by atoms with Crippen molar-refractivity contribution in [1.29, 1.82) is 0 Å². The third-order valence-electron chi connectivity index (χ3n) is 4.25. The van der Waals surface area contributed by atoms with Crippen LogP contribution >= 0.6 is 11.3 Å². The Balaban J connectivity index is 1.81. The van der Waals surface area contributed by atoms with Gasteiger partial charge in [0.15, 0.2) is 5.69 Å². The van der Waals surface area contributed by atoms with Crippen LogP contribution in [0.1, 0.15) is 45.4 Å². The van der Waals surface area contributed by atoms with Crippen molar-refractivity contribution in [2.45, 2.75) is 31.9 Å². The number of pyridine rings is 1. The molecule has 3 heterocycles. The van der Waals surface area contributed by atoms with E-state index in [1.807, 2.05) is 0 Å². The molecule has 2 aromatic heterocycles. The number of nitrogens with one attached hydrogen (secondary N) is 1. The maximum Gasteiger partial charge on any atom is 0.434 e. The van der Waals surface area contributed by atoms with Gasteiger partial charge < -0.3 is 9.88 Å². The SMILES string of the molecule is Cc1cc[nH]c(=O)c1C(=O)N1CCCC(c2nc(C(F)(F)F)cs2)C1. The summed E-state index contributed by atoms with van der Waals surface area (Å²) in [6.07, 6.45) is -1.67. The van der Waals surface area contributed by atoms with Gasteiger partial charge in [-0.15, -0.1) is 11.3 Å². The molecule has 1 amide bonds. The molecule has 1 aliphatic heterocycles. The van der Waals surface area contributed by atoms with Crippen molar-refractivity contribution in [2.24, 2.45) is 0 Å². The van der Waals surface area contributed by atoms with Gasteiger partial charge in [0.25, 0.3) is 11.5 Å². The molecule has 1 saturated heterocycles. The maximum atomic E-state index is 12.7. The molecule has 0 spiro atoms. The van der Waals surface area contributed by atoms with E-state index in [0.29, 0.717) is 30.0 Å². The van der Waals surface area contributed by atoms with Crippen LogP contribution in [0.25, 0.3) is 0 Å². The van der Waals surface area contributed by atoms with Crippen molar-refractivity contribution in [1.82, 2.24) is 14.9 Å². The highest BCUT2D eigenvalue weighted by atomic mass is 32.1. The van der Waals surface area contributed by atoms with Gasteiger partial charge in [0.1, 0.15) is 5.56 Å². The lowest BCUT2D eigenvalue weighted by Crippen LogP contribution is -2.41. The molecule has 0 aliphatic carbocycles. The molecule has 2 aromatic rings. The minimum absolute atomic E-state index is 0.0817. The standard InChI is InChI=1S/C16H16F3N3O2S/c1-9-4-5-20-13(23)12(9)15(24)22-6-2-3-10(7-22)14-21-11(8-25-14)16(17,18)19/h4-5,8,10H,2-3,6-7H2,1H3,(H,20,23). The largest absolute Gasteiger partial charge is 0.434 e. The van der Waals surface area contributed by atoms with Crippen LogP contribution in [0.5, 0.6) is 0 Å². The number of halogens is 3. The summed E-state index contributed by atoms with van der Waals surface area (Å²) < 4.78 is 38.2. The lowest BCUT2D eigenvalue weighted by atomic mass is 9.97. The molecule has 1 unspecified atom stereocenters. The second-order valence-electron chi connectivity index (χ2n) is 6.02. The first kappa shape index (κ1) is 17.7. The first-order valence-electron chi connectivity index (χ1n) is 7.77. The van der Waals surface area contributed by atoms with Crippen LogP contribution in [0.4, 0.5) is 13.2 Å². The van der Waals surface area contributed by atoms with E-state index < -0.39 is 23.3 Å². The van der Waals surface area contributed by atoms with Crippen LogP contribution in [0.2, 0.25) is 0 Å². The second-order valence-corrected chi connectivity index (χ2v) is 6.91. The van der Waals surface area contributed by atoms with Gasteiger partial charge in [-0.25, -0.2) is 4.98 Å². The summed E-state index contributed by atoms with van der Waals surface area (Å²) in [4.78, 5) is 32.4. The zero-order chi connectivity index (χ0) is 18.2. The van der Waals surface area contributed by atoms with Gasteiger partial charge in [0, 0.05) is 30.6 Å². The number of thiazole rings is 1. The van der Waals surface area contributed by atoms with Gasteiger partial charge in [-0.05, 0) is 31.4 Å². The molecule has 0 saturated carbocycles. The number of amides is 1. The molecule has 0 radical (unpaired) electrons. The minimum Gasteiger partial charge on any atom is -0.338 e. The van der Waals surface area contributed by atoms with E-state index >= 15 is 0 Å². The zero-order valence-electron chi connectivity index (χ0n) is 13.4. The van der Waals surface area contributed by atoms with Crippen LogP contribution in [-0.4, -0.2) is 33.9 Å². The molecule has 0 aromatic carbocycles. The average Bonchev–Trinajstić information content (AvgIpc) is 3.05. The lowest BCUT2D eigenvalue weighted by molar-refractivity contribution is -0.140. The number of piperidine rings is 1. The van der Waals surface area contributed by atoms with E-state index in [-0.39, 0.29) is 18.0 Å². The predicted molar refractivity (Wildman–Crippen MR) is 86.8 cm³/mol. The predicted octanol–water partition coefficient (Wildman–Crippen LogP) is 3.18. The third-order valence-corrected chi connectivity index (χ3v) is 5.26. The number of aromatic nitrogens is 2. The first-order valence-corrected chi connectivity index (χ1v) is 8.65. The van der Waals surface area contributed by atoms with Gasteiger partial charge in [-0.3, -0.25) is 9.59 Å². The van der Waals surface area contributed by atoms with E-state index in [4.69, 9.17) is 0 Å². The van der Waals surface area contributed by atoms with Gasteiger partial charge in [0.05, 0.1) is 5.01 Å². The fourth-order valence-electron chi connectivity index (χ4n) is 2.97. The van der Waals surface area contributed by atoms with E-state index in [1.165, 1.54) is 11.1 Å². The minimum atomic E-state index is -4.46. The molecule has 1 N–H and O–H groups in total. The van der Waals surface area contributed by atoms with Gasteiger partial charge in [0.2, 0.25) is 0 Å². The number of aryl methyl sites for hydroxylation is 1. The Bertz CT molecular complexity index is 844. The average molecular weight is 371 g/mol. The number of alkyl halides is 3. The van der Waals surface area contributed by atoms with Gasteiger partial charge in [-0.1, -0.05) is 0 Å². The summed E-state index contributed by atoms with van der Waals surface area (Å²) in [5, 5.41) is 1.38. The van der Waals surface area contributed by atoms with Crippen molar-refractivity contribution in [2.75, 3.05) is 13.1 Å². The van der Waals surface area contributed by atoms with Crippen molar-refractivity contribution in [3.05, 3.63) is 49.8 Å². The molecular weight excluding hydrogens is 355 g/mol. The van der Waals surface area contributed by atoms with Crippen molar-refractivity contribution in [3.63, 3.8) is 0 Å². The topological polar surface area (TPSA) is 66.1 Å². The number of H-pyrrole nitrogens is 1. The highest BCUT2D eigenvalue weighted by Crippen LogP contribution is 2.35. The molecular formula is C16H16F3N3O2S. The Kier molecular flexibility index (Phi) is 4.68. The highest BCUT2D eigenvalue weighted by Gasteiger charge is 2.35. The molecule has 134 valence electrons. The van der Waals surface area contributed by atoms with Crippen LogP contribution in [0.15, 0.2) is 22.4 Å². The summed E-state index contributed by atoms with van der Waals surface area (Å²) in [6, 6.07) is 1.65. The molecule has 1 aliphatic rings. The van der Waals surface area contributed by atoms with Gasteiger partial charge in [-0.2, -0.15) is 13.2 Å². The van der Waals surface area contributed by atoms with Crippen LogP contribution in [-0.2, 0) is 6.18 Å². The van der Waals surface area contributed by atoms with E-state index in [2.05, 4.69) is 9.97 Å². The Morgan fingerprint density at radius 3 is 2.84 bits per heavy atom. The Labute approximate surface area is 145 Å². The molecule has 0 bridgehead atoms. The van der Waals surface area contributed by atoms with Crippen molar-refractivity contribution < 1.29 is 18.0 Å². The molecule has 1 atom stereocenters. The number of carbonyl (C=O) groups excluding carboxylic acids is 1. The highest BCUT2D eigenvalue weighted by molar-refractivity contribution is 7.09. The zero-order valence-corrected chi connectivity index (χ0v) is 14.2. The lowest BCUT2D eigenvalue weighted by Gasteiger charge is -2.32. The Hall–Kier alpha value is -2.16. The molecule has 25 heavy (non-hydrogen) atoms. The molecule has 5 nitrogen and oxygen atoms in total. The number of hydrogen-bond donors (Lipinski definition) is 1. The summed E-state index contributed by atoms with van der Waals surface area (Å²) in [6.45, 7) is 2.42. The molecule has 3 rings (SSSR count). The Morgan fingerprint density at radius 2 is 2.20 bits per heavy atom. The normalized spacial score (nSPS) is 18.4. The summed E-state index contributed by atoms with van der Waals surface area (Å²) in [7, 11) is 0. The van der Waals surface area contributed by atoms with E-state index in [1.54, 1.807) is 13.0 Å². The van der Waals surface area contributed by atoms with Crippen LogP contribution in [0, 0.1) is 6.92 Å². The fraction of sp³-hybridized carbons (Fsp3) is 0.438. The Morgan fingerprint density at radius 1 is 1.44 bits per heavy atom. The van der Waals surface area contributed by atoms with Crippen LogP contribution < -0.4 is 5.56 Å². The second kappa shape index (κ2) is 6.62. The fourth-order valence-corrected chi connectivity index (χ4v) is 3.92. The smallest absolute Gasteiger partial charge is 0.338 e. The van der Waals surface area contributed by atoms with E-state index in [0.717, 1.165) is 16.7 Å². The van der Waals surface area contributed by atoms with Crippen LogP contribution in [0.3, 0.4) is 0 Å². The summed E-state index contributed by atoms with van der Waals surface area (Å²) in [5.41, 5.74) is -0.699. The number of rotatable bonds is 2. The number of carbonyl (C=O) groups is 1. The summed E-state index contributed by atoms with van der Waals surface area (Å²) in [5.74, 6) is -0.640. The van der Waals surface area contributed by atoms with Gasteiger partial charge >= 0.3 is 6.18 Å². The quantitative estimate of drug-likeness (QED) is 0.882. The number of aromatic amines is 1. The number of hydrogen-bond acceptors (Lipinski definition) is 4. The third kappa shape index (κ3) is 3.60. The number of likely N-dealkylation sites (tertiary alicyclic amines) is 1. The molecule has 9 heteroatoms. The molecule has 1 fully saturated rings.